The van der Waals surface area contributed by atoms with Gasteiger partial charge in [0.1, 0.15) is 0 Å². The van der Waals surface area contributed by atoms with Gasteiger partial charge in [0.05, 0.1) is 44.8 Å². The average molecular weight is 827 g/mol. The third-order valence-corrected chi connectivity index (χ3v) is 12.9. The smallest absolute Gasteiger partial charge is 0.160 e. The molecule has 11 aromatic rings. The van der Waals surface area contributed by atoms with Crippen LogP contribution in [0.5, 0.6) is 0 Å². The molecule has 3 aromatic heterocycles. The second-order valence-corrected chi connectivity index (χ2v) is 19.1. The molecule has 0 radical (unpaired) electrons. The van der Waals surface area contributed by atoms with Gasteiger partial charge in [-0.1, -0.05) is 181 Å². The van der Waals surface area contributed by atoms with Crippen molar-refractivity contribution in [2.75, 3.05) is 0 Å². The Morgan fingerprint density at radius 3 is 1.36 bits per heavy atom. The molecule has 64 heavy (non-hydrogen) atoms. The van der Waals surface area contributed by atoms with Crippen LogP contribution in [0.15, 0.2) is 194 Å². The molecule has 0 spiro atoms. The highest BCUT2D eigenvalue weighted by Gasteiger charge is 2.24. The molecule has 0 aliphatic heterocycles. The van der Waals surface area contributed by atoms with Gasteiger partial charge in [0.15, 0.2) is 5.82 Å². The van der Waals surface area contributed by atoms with Crippen molar-refractivity contribution in [3.63, 3.8) is 0 Å². The zero-order valence-corrected chi connectivity index (χ0v) is 37.3. The van der Waals surface area contributed by atoms with Crippen LogP contribution in [-0.4, -0.2) is 19.1 Å². The fraction of sp³-hybridized carbons (Fsp3) is 0.133. The molecule has 0 unspecified atom stereocenters. The van der Waals surface area contributed by atoms with E-state index in [-0.39, 0.29) is 10.8 Å². The fourth-order valence-corrected chi connectivity index (χ4v) is 9.47. The predicted molar refractivity (Wildman–Crippen MR) is 270 cm³/mol. The van der Waals surface area contributed by atoms with Crippen LogP contribution in [0.4, 0.5) is 0 Å². The van der Waals surface area contributed by atoms with Crippen LogP contribution in [-0.2, 0) is 10.8 Å². The van der Waals surface area contributed by atoms with E-state index >= 15 is 0 Å². The van der Waals surface area contributed by atoms with Gasteiger partial charge in [-0.3, -0.25) is 0 Å². The topological polar surface area (TPSA) is 35.6 Å². The van der Waals surface area contributed by atoms with E-state index in [2.05, 4.69) is 221 Å². The zero-order chi connectivity index (χ0) is 43.7. The normalized spacial score (nSPS) is 12.2. The number of para-hydroxylation sites is 3. The number of hydrogen-bond acceptors (Lipinski definition) is 2. The van der Waals surface area contributed by atoms with Gasteiger partial charge in [0.2, 0.25) is 0 Å². The van der Waals surface area contributed by atoms with Crippen LogP contribution in [0.1, 0.15) is 52.7 Å². The molecule has 0 aliphatic rings. The Morgan fingerprint density at radius 1 is 0.328 bits per heavy atom. The second kappa shape index (κ2) is 15.1. The molecule has 8 aromatic carbocycles. The van der Waals surface area contributed by atoms with E-state index < -0.39 is 0 Å². The summed E-state index contributed by atoms with van der Waals surface area (Å²) in [5.41, 5.74) is 16.6. The lowest BCUT2D eigenvalue weighted by molar-refractivity contribution is 0.591. The molecule has 0 aliphatic carbocycles. The monoisotopic (exact) mass is 826 g/mol. The first-order valence-electron chi connectivity index (χ1n) is 22.3. The quantitative estimate of drug-likeness (QED) is 0.167. The summed E-state index contributed by atoms with van der Waals surface area (Å²) in [5.74, 6) is 0.695. The molecule has 11 rings (SSSR count). The predicted octanol–water partition coefficient (Wildman–Crippen LogP) is 15.9. The summed E-state index contributed by atoms with van der Waals surface area (Å²) in [6.45, 7) is 13.7. The summed E-state index contributed by atoms with van der Waals surface area (Å²) < 4.78 is 4.94. The van der Waals surface area contributed by atoms with E-state index in [9.17, 15) is 0 Å². The molecule has 0 bridgehead atoms. The number of nitrogens with zero attached hydrogens (tertiary/aromatic N) is 4. The SMILES string of the molecule is CC(C)(C)c1ccc2c(c1)c1ccccc1n2-c1ccccc1-c1ccc(-c2cc(-c3ccccc3)nc(-c3ccccc3)n2)cc1-n1c2ccccc2c2cc(C(C)(C)C)ccc21. The van der Waals surface area contributed by atoms with E-state index in [1.165, 1.54) is 43.7 Å². The number of fused-ring (bicyclic) bond motifs is 6. The second-order valence-electron chi connectivity index (χ2n) is 19.1. The average Bonchev–Trinajstić information content (AvgIpc) is 3.83. The molecular weight excluding hydrogens is 777 g/mol. The van der Waals surface area contributed by atoms with Gasteiger partial charge in [-0.05, 0) is 76.6 Å². The van der Waals surface area contributed by atoms with Crippen molar-refractivity contribution in [3.05, 3.63) is 205 Å². The van der Waals surface area contributed by atoms with E-state index in [1.807, 2.05) is 24.3 Å². The molecule has 0 fully saturated rings. The maximum atomic E-state index is 5.31. The van der Waals surface area contributed by atoms with E-state index in [0.717, 1.165) is 61.6 Å². The zero-order valence-electron chi connectivity index (χ0n) is 37.3. The Kier molecular flexibility index (Phi) is 9.25. The van der Waals surface area contributed by atoms with Crippen molar-refractivity contribution in [1.29, 1.82) is 0 Å². The maximum Gasteiger partial charge on any atom is 0.160 e. The van der Waals surface area contributed by atoms with Crippen molar-refractivity contribution >= 4 is 43.6 Å². The summed E-state index contributed by atoms with van der Waals surface area (Å²) >= 11 is 0. The number of benzene rings is 8. The highest BCUT2D eigenvalue weighted by molar-refractivity contribution is 6.12. The molecule has 0 saturated carbocycles. The van der Waals surface area contributed by atoms with Gasteiger partial charge >= 0.3 is 0 Å². The van der Waals surface area contributed by atoms with E-state index in [4.69, 9.17) is 9.97 Å². The van der Waals surface area contributed by atoms with Crippen molar-refractivity contribution in [2.45, 2.75) is 52.4 Å². The molecule has 3 heterocycles. The van der Waals surface area contributed by atoms with Crippen molar-refractivity contribution in [2.24, 2.45) is 0 Å². The molecule has 4 heteroatoms. The minimum atomic E-state index is -0.00268. The molecule has 0 amide bonds. The number of aromatic nitrogens is 4. The van der Waals surface area contributed by atoms with Crippen molar-refractivity contribution in [3.8, 4) is 56.4 Å². The van der Waals surface area contributed by atoms with Crippen molar-refractivity contribution in [1.82, 2.24) is 19.1 Å². The van der Waals surface area contributed by atoms with Crippen LogP contribution >= 0.6 is 0 Å². The Balaban J connectivity index is 1.21. The van der Waals surface area contributed by atoms with Crippen LogP contribution in [0.25, 0.3) is 100 Å². The highest BCUT2D eigenvalue weighted by atomic mass is 15.0. The van der Waals surface area contributed by atoms with E-state index in [0.29, 0.717) is 5.82 Å². The number of rotatable bonds is 6. The fourth-order valence-electron chi connectivity index (χ4n) is 9.47. The first kappa shape index (κ1) is 39.3. The Bertz CT molecular complexity index is 3500. The van der Waals surface area contributed by atoms with Gasteiger partial charge in [-0.2, -0.15) is 0 Å². The van der Waals surface area contributed by atoms with E-state index in [1.54, 1.807) is 0 Å². The Labute approximate surface area is 375 Å². The van der Waals surface area contributed by atoms with Crippen molar-refractivity contribution < 1.29 is 0 Å². The molecular formula is C60H50N4. The summed E-state index contributed by atoms with van der Waals surface area (Å²) in [7, 11) is 0. The van der Waals surface area contributed by atoms with Gasteiger partial charge in [0, 0.05) is 49.4 Å². The van der Waals surface area contributed by atoms with Gasteiger partial charge < -0.3 is 9.13 Å². The third kappa shape index (κ3) is 6.69. The maximum absolute atomic E-state index is 5.31. The lowest BCUT2D eigenvalue weighted by atomic mass is 9.86. The van der Waals surface area contributed by atoms with Crippen LogP contribution in [0.2, 0.25) is 0 Å². The molecule has 0 N–H and O–H groups in total. The van der Waals surface area contributed by atoms with Gasteiger partial charge in [0.25, 0.3) is 0 Å². The largest absolute Gasteiger partial charge is 0.309 e. The van der Waals surface area contributed by atoms with Crippen LogP contribution in [0, 0.1) is 0 Å². The first-order valence-corrected chi connectivity index (χ1v) is 22.3. The lowest BCUT2D eigenvalue weighted by Gasteiger charge is -2.21. The molecule has 4 nitrogen and oxygen atoms in total. The summed E-state index contributed by atoms with van der Waals surface area (Å²) in [4.78, 5) is 10.4. The lowest BCUT2D eigenvalue weighted by Crippen LogP contribution is -2.10. The third-order valence-electron chi connectivity index (χ3n) is 12.9. The standard InChI is InChI=1S/C60H50N4/c1-59(2,3)42-30-33-55-48(36-42)45-24-14-17-27-53(45)63(55)52-26-16-13-23-44(52)47-32-29-41(51-38-50(39-19-9-7-10-20-39)61-58(62-51)40-21-11-8-12-22-40)35-57(47)64-54-28-18-15-25-46(54)49-37-43(60(4,5)6)31-34-56(49)64/h7-38H,1-6H3. The summed E-state index contributed by atoms with van der Waals surface area (Å²) in [6, 6.07) is 70.4. The minimum absolute atomic E-state index is 0.00268. The van der Waals surface area contributed by atoms with Gasteiger partial charge in [-0.25, -0.2) is 9.97 Å². The van der Waals surface area contributed by atoms with Crippen LogP contribution in [0.3, 0.4) is 0 Å². The molecule has 0 saturated heterocycles. The summed E-state index contributed by atoms with van der Waals surface area (Å²) in [5, 5.41) is 4.98. The Hall–Kier alpha value is -7.56. The highest BCUT2D eigenvalue weighted by Crippen LogP contribution is 2.43. The summed E-state index contributed by atoms with van der Waals surface area (Å²) in [6.07, 6.45) is 0. The first-order chi connectivity index (χ1) is 31.0. The molecule has 310 valence electrons. The molecule has 0 atom stereocenters. The van der Waals surface area contributed by atoms with Gasteiger partial charge in [-0.15, -0.1) is 0 Å². The number of hydrogen-bond donors (Lipinski definition) is 0. The Morgan fingerprint density at radius 2 is 0.781 bits per heavy atom. The van der Waals surface area contributed by atoms with Crippen LogP contribution < -0.4 is 0 Å². The minimum Gasteiger partial charge on any atom is -0.309 e.